The Hall–Kier alpha value is -1.40. The van der Waals surface area contributed by atoms with E-state index in [4.69, 9.17) is 4.74 Å². The van der Waals surface area contributed by atoms with Gasteiger partial charge >= 0.3 is 0 Å². The van der Waals surface area contributed by atoms with Gasteiger partial charge in [-0.2, -0.15) is 5.10 Å². The van der Waals surface area contributed by atoms with Crippen LogP contribution in [0.5, 0.6) is 0 Å². The number of hydrogen-bond donors (Lipinski definition) is 2. The van der Waals surface area contributed by atoms with Gasteiger partial charge in [0.15, 0.2) is 0 Å². The number of methoxy groups -OCH3 is 1. The number of ether oxygens (including phenoxy) is 1. The van der Waals surface area contributed by atoms with Crippen LogP contribution in [0.4, 0.5) is 0 Å². The highest BCUT2D eigenvalue weighted by molar-refractivity contribution is 5.86. The molecule has 0 bridgehead atoms. The van der Waals surface area contributed by atoms with Crippen LogP contribution in [0, 0.1) is 0 Å². The van der Waals surface area contributed by atoms with Crippen LogP contribution in [0.2, 0.25) is 0 Å². The van der Waals surface area contributed by atoms with Gasteiger partial charge in [-0.25, -0.2) is 0 Å². The summed E-state index contributed by atoms with van der Waals surface area (Å²) >= 11 is 0. The first kappa shape index (κ1) is 13.0. The molecule has 1 saturated heterocycles. The Morgan fingerprint density at radius 2 is 2.56 bits per heavy atom. The Bertz CT molecular complexity index is 393. The summed E-state index contributed by atoms with van der Waals surface area (Å²) in [6, 6.07) is 1.93. The zero-order valence-electron chi connectivity index (χ0n) is 10.9. The van der Waals surface area contributed by atoms with Gasteiger partial charge in [-0.15, -0.1) is 0 Å². The highest BCUT2D eigenvalue weighted by Crippen LogP contribution is 2.31. The van der Waals surface area contributed by atoms with Gasteiger partial charge in [0.2, 0.25) is 5.91 Å². The monoisotopic (exact) mass is 252 g/mol. The van der Waals surface area contributed by atoms with E-state index in [-0.39, 0.29) is 5.91 Å². The van der Waals surface area contributed by atoms with Crippen LogP contribution < -0.4 is 5.32 Å². The molecule has 1 aliphatic rings. The third-order valence-corrected chi connectivity index (χ3v) is 3.58. The number of nitrogens with zero attached hydrogens (tertiary/aromatic N) is 2. The SMILES string of the molecule is CNC(=O)C1(COC)CCCN1Cc1ccn[nH]1. The van der Waals surface area contributed by atoms with Gasteiger partial charge in [0, 0.05) is 32.6 Å². The zero-order chi connectivity index (χ0) is 13.0. The van der Waals surface area contributed by atoms with E-state index in [0.717, 1.165) is 25.1 Å². The molecular formula is C12H20N4O2. The van der Waals surface area contributed by atoms with Crippen molar-refractivity contribution in [3.63, 3.8) is 0 Å². The molecule has 0 radical (unpaired) electrons. The van der Waals surface area contributed by atoms with E-state index in [0.29, 0.717) is 13.2 Å². The smallest absolute Gasteiger partial charge is 0.242 e. The van der Waals surface area contributed by atoms with Crippen molar-refractivity contribution in [1.82, 2.24) is 20.4 Å². The Labute approximate surface area is 107 Å². The summed E-state index contributed by atoms with van der Waals surface area (Å²) in [5.74, 6) is 0.0290. The van der Waals surface area contributed by atoms with E-state index < -0.39 is 5.54 Å². The maximum atomic E-state index is 12.2. The quantitative estimate of drug-likeness (QED) is 0.782. The first-order valence-corrected chi connectivity index (χ1v) is 6.17. The number of H-pyrrole nitrogens is 1. The number of nitrogens with one attached hydrogen (secondary N) is 2. The van der Waals surface area contributed by atoms with Crippen LogP contribution >= 0.6 is 0 Å². The summed E-state index contributed by atoms with van der Waals surface area (Å²) in [6.45, 7) is 2.01. The van der Waals surface area contributed by atoms with Gasteiger partial charge in [0.1, 0.15) is 5.54 Å². The lowest BCUT2D eigenvalue weighted by Gasteiger charge is -2.35. The second kappa shape index (κ2) is 5.49. The third-order valence-electron chi connectivity index (χ3n) is 3.58. The number of hydrogen-bond acceptors (Lipinski definition) is 4. The second-order valence-electron chi connectivity index (χ2n) is 4.65. The van der Waals surface area contributed by atoms with Crippen LogP contribution in [0.15, 0.2) is 12.3 Å². The zero-order valence-corrected chi connectivity index (χ0v) is 10.9. The highest BCUT2D eigenvalue weighted by Gasteiger charge is 2.47. The number of aromatic nitrogens is 2. The van der Waals surface area contributed by atoms with Crippen molar-refractivity contribution < 1.29 is 9.53 Å². The van der Waals surface area contributed by atoms with Crippen molar-refractivity contribution in [2.24, 2.45) is 0 Å². The minimum absolute atomic E-state index is 0.0290. The van der Waals surface area contributed by atoms with Crippen molar-refractivity contribution >= 4 is 5.91 Å². The number of carbonyl (C=O) groups is 1. The molecule has 1 fully saturated rings. The molecule has 2 heterocycles. The molecule has 2 rings (SSSR count). The summed E-state index contributed by atoms with van der Waals surface area (Å²) in [4.78, 5) is 14.4. The number of aromatic amines is 1. The largest absolute Gasteiger partial charge is 0.382 e. The molecular weight excluding hydrogens is 232 g/mol. The Morgan fingerprint density at radius 3 is 3.17 bits per heavy atom. The molecule has 0 saturated carbocycles. The second-order valence-corrected chi connectivity index (χ2v) is 4.65. The highest BCUT2D eigenvalue weighted by atomic mass is 16.5. The Kier molecular flexibility index (Phi) is 3.98. The van der Waals surface area contributed by atoms with E-state index in [1.165, 1.54) is 0 Å². The van der Waals surface area contributed by atoms with Crippen LogP contribution in [0.1, 0.15) is 18.5 Å². The van der Waals surface area contributed by atoms with E-state index in [1.807, 2.05) is 6.07 Å². The molecule has 0 aromatic carbocycles. The number of rotatable bonds is 5. The Morgan fingerprint density at radius 1 is 1.72 bits per heavy atom. The van der Waals surface area contributed by atoms with Crippen molar-refractivity contribution in [2.75, 3.05) is 27.3 Å². The summed E-state index contributed by atoms with van der Waals surface area (Å²) in [5, 5.41) is 9.63. The van der Waals surface area contributed by atoms with Crippen LogP contribution in [0.3, 0.4) is 0 Å². The lowest BCUT2D eigenvalue weighted by atomic mass is 9.95. The average Bonchev–Trinajstić information content (AvgIpc) is 3.01. The third kappa shape index (κ3) is 2.26. The first-order valence-electron chi connectivity index (χ1n) is 6.17. The molecule has 1 aromatic rings. The fourth-order valence-corrected chi connectivity index (χ4v) is 2.70. The van der Waals surface area contributed by atoms with Gasteiger partial charge in [-0.05, 0) is 25.5 Å². The van der Waals surface area contributed by atoms with Gasteiger partial charge < -0.3 is 10.1 Å². The molecule has 2 N–H and O–H groups in total. The molecule has 1 atom stereocenters. The summed E-state index contributed by atoms with van der Waals surface area (Å²) in [5.41, 5.74) is 0.468. The molecule has 0 spiro atoms. The Balaban J connectivity index is 2.18. The molecule has 1 aromatic heterocycles. The standard InChI is InChI=1S/C12H20N4O2/c1-13-11(17)12(9-18-2)5-3-7-16(12)8-10-4-6-14-15-10/h4,6H,3,5,7-9H2,1-2H3,(H,13,17)(H,14,15). The molecule has 100 valence electrons. The van der Waals surface area contributed by atoms with E-state index in [1.54, 1.807) is 20.4 Å². The summed E-state index contributed by atoms with van der Waals surface area (Å²) in [6.07, 6.45) is 3.56. The summed E-state index contributed by atoms with van der Waals surface area (Å²) < 4.78 is 5.27. The first-order chi connectivity index (χ1) is 8.73. The summed E-state index contributed by atoms with van der Waals surface area (Å²) in [7, 11) is 3.31. The number of carbonyl (C=O) groups excluding carboxylic acids is 1. The molecule has 1 aliphatic heterocycles. The predicted molar refractivity (Wildman–Crippen MR) is 66.9 cm³/mol. The van der Waals surface area contributed by atoms with E-state index in [2.05, 4.69) is 20.4 Å². The van der Waals surface area contributed by atoms with Crippen LogP contribution in [0.25, 0.3) is 0 Å². The van der Waals surface area contributed by atoms with Crippen LogP contribution in [-0.2, 0) is 16.1 Å². The predicted octanol–water partition coefficient (Wildman–Crippen LogP) is 0.137. The topological polar surface area (TPSA) is 70.2 Å². The molecule has 6 heteroatoms. The molecule has 18 heavy (non-hydrogen) atoms. The number of likely N-dealkylation sites (N-methyl/N-ethyl adjacent to an activating group) is 1. The molecule has 1 unspecified atom stereocenters. The lowest BCUT2D eigenvalue weighted by Crippen LogP contribution is -2.57. The molecule has 1 amide bonds. The molecule has 6 nitrogen and oxygen atoms in total. The van der Waals surface area contributed by atoms with Crippen molar-refractivity contribution in [3.05, 3.63) is 18.0 Å². The number of amides is 1. The van der Waals surface area contributed by atoms with Gasteiger partial charge in [0.05, 0.1) is 6.61 Å². The van der Waals surface area contributed by atoms with Crippen LogP contribution in [-0.4, -0.2) is 53.9 Å². The minimum Gasteiger partial charge on any atom is -0.382 e. The minimum atomic E-state index is -0.547. The fourth-order valence-electron chi connectivity index (χ4n) is 2.70. The normalized spacial score (nSPS) is 24.3. The van der Waals surface area contributed by atoms with Crippen molar-refractivity contribution in [3.8, 4) is 0 Å². The lowest BCUT2D eigenvalue weighted by molar-refractivity contribution is -0.135. The van der Waals surface area contributed by atoms with Gasteiger partial charge in [-0.1, -0.05) is 0 Å². The van der Waals surface area contributed by atoms with Gasteiger partial charge in [-0.3, -0.25) is 14.8 Å². The van der Waals surface area contributed by atoms with Gasteiger partial charge in [0.25, 0.3) is 0 Å². The van der Waals surface area contributed by atoms with Crippen molar-refractivity contribution in [2.45, 2.75) is 24.9 Å². The number of likely N-dealkylation sites (tertiary alicyclic amines) is 1. The average molecular weight is 252 g/mol. The molecule has 0 aliphatic carbocycles. The van der Waals surface area contributed by atoms with Crippen molar-refractivity contribution in [1.29, 1.82) is 0 Å². The van der Waals surface area contributed by atoms with E-state index >= 15 is 0 Å². The maximum absolute atomic E-state index is 12.2. The van der Waals surface area contributed by atoms with E-state index in [9.17, 15) is 4.79 Å². The fraction of sp³-hybridized carbons (Fsp3) is 0.667. The maximum Gasteiger partial charge on any atom is 0.242 e.